The molecule has 9 heteroatoms. The number of hydrogen-bond donors (Lipinski definition) is 2. The lowest BCUT2D eigenvalue weighted by Crippen LogP contribution is -2.30. The number of nitrogens with zero attached hydrogens (tertiary/aromatic N) is 1. The Morgan fingerprint density at radius 3 is 2.59 bits per heavy atom. The molecular formula is C20H21Cl2N3O3S. The Balaban J connectivity index is 1.47. The van der Waals surface area contributed by atoms with Crippen molar-refractivity contribution in [2.45, 2.75) is 25.2 Å². The van der Waals surface area contributed by atoms with Gasteiger partial charge in [0.25, 0.3) is 5.91 Å². The van der Waals surface area contributed by atoms with Gasteiger partial charge in [-0.15, -0.1) is 0 Å². The summed E-state index contributed by atoms with van der Waals surface area (Å²) in [6, 6.07) is 7.13. The molecule has 2 fully saturated rings. The molecule has 6 nitrogen and oxygen atoms in total. The summed E-state index contributed by atoms with van der Waals surface area (Å²) in [6.07, 6.45) is 4.26. The lowest BCUT2D eigenvalue weighted by molar-refractivity contribution is 0.0947. The van der Waals surface area contributed by atoms with Gasteiger partial charge < -0.3 is 10.6 Å². The van der Waals surface area contributed by atoms with E-state index in [1.807, 2.05) is 12.1 Å². The van der Waals surface area contributed by atoms with Crippen molar-refractivity contribution in [1.29, 1.82) is 0 Å². The highest BCUT2D eigenvalue weighted by molar-refractivity contribution is 7.91. The normalized spacial score (nSPS) is 20.4. The third kappa shape index (κ3) is 5.02. The minimum absolute atomic E-state index is 0.0168. The van der Waals surface area contributed by atoms with Gasteiger partial charge in [0.05, 0.1) is 27.1 Å². The Kier molecular flexibility index (Phi) is 5.73. The zero-order valence-electron chi connectivity index (χ0n) is 15.6. The van der Waals surface area contributed by atoms with Gasteiger partial charge in [-0.2, -0.15) is 0 Å². The highest BCUT2D eigenvalue weighted by Gasteiger charge is 2.31. The number of benzene rings is 1. The molecule has 1 aliphatic carbocycles. The van der Waals surface area contributed by atoms with Crippen LogP contribution in [0.2, 0.25) is 10.0 Å². The van der Waals surface area contributed by atoms with Crippen molar-refractivity contribution in [2.75, 3.05) is 23.4 Å². The van der Waals surface area contributed by atoms with E-state index in [2.05, 4.69) is 15.6 Å². The summed E-state index contributed by atoms with van der Waals surface area (Å²) >= 11 is 12.0. The van der Waals surface area contributed by atoms with E-state index in [1.54, 1.807) is 18.3 Å². The van der Waals surface area contributed by atoms with Gasteiger partial charge in [0.2, 0.25) is 0 Å². The molecule has 154 valence electrons. The fourth-order valence-corrected chi connectivity index (χ4v) is 5.71. The van der Waals surface area contributed by atoms with Crippen LogP contribution in [-0.2, 0) is 9.84 Å². The first-order valence-electron chi connectivity index (χ1n) is 9.51. The first-order valence-corrected chi connectivity index (χ1v) is 12.1. The van der Waals surface area contributed by atoms with Crippen molar-refractivity contribution in [3.63, 3.8) is 0 Å². The summed E-state index contributed by atoms with van der Waals surface area (Å²) < 4.78 is 23.2. The van der Waals surface area contributed by atoms with Gasteiger partial charge in [-0.25, -0.2) is 13.4 Å². The average Bonchev–Trinajstić information content (AvgIpc) is 3.46. The Labute approximate surface area is 179 Å². The number of pyridine rings is 1. The van der Waals surface area contributed by atoms with Gasteiger partial charge in [0, 0.05) is 18.4 Å². The van der Waals surface area contributed by atoms with Crippen molar-refractivity contribution in [3.8, 4) is 0 Å². The van der Waals surface area contributed by atoms with E-state index < -0.39 is 9.84 Å². The number of anilines is 2. The van der Waals surface area contributed by atoms with Crippen molar-refractivity contribution < 1.29 is 13.2 Å². The molecule has 1 atom stereocenters. The van der Waals surface area contributed by atoms with Crippen LogP contribution >= 0.6 is 23.2 Å². The second-order valence-corrected chi connectivity index (χ2v) is 10.7. The molecular weight excluding hydrogens is 433 g/mol. The first kappa shape index (κ1) is 20.4. The molecule has 1 aromatic heterocycles. The molecule has 1 saturated carbocycles. The van der Waals surface area contributed by atoms with Crippen molar-refractivity contribution in [2.24, 2.45) is 5.92 Å². The predicted molar refractivity (Wildman–Crippen MR) is 115 cm³/mol. The minimum Gasteiger partial charge on any atom is -0.352 e. The molecule has 29 heavy (non-hydrogen) atoms. The molecule has 2 heterocycles. The fraction of sp³-hybridized carbons (Fsp3) is 0.400. The number of aromatic nitrogens is 1. The molecule has 1 unspecified atom stereocenters. The number of halogens is 2. The number of sulfone groups is 1. The third-order valence-corrected chi connectivity index (χ3v) is 7.84. The molecule has 2 N–H and O–H groups in total. The lowest BCUT2D eigenvalue weighted by atomic mass is 10.0. The van der Waals surface area contributed by atoms with E-state index in [-0.39, 0.29) is 23.3 Å². The van der Waals surface area contributed by atoms with Gasteiger partial charge in [0.1, 0.15) is 5.82 Å². The van der Waals surface area contributed by atoms with Crippen LogP contribution in [0.25, 0.3) is 0 Å². The van der Waals surface area contributed by atoms with E-state index in [9.17, 15) is 13.2 Å². The van der Waals surface area contributed by atoms with Crippen LogP contribution < -0.4 is 10.6 Å². The minimum atomic E-state index is -2.95. The zero-order valence-corrected chi connectivity index (χ0v) is 17.9. The quantitative estimate of drug-likeness (QED) is 0.684. The van der Waals surface area contributed by atoms with Crippen LogP contribution in [0, 0.1) is 5.92 Å². The molecule has 0 spiro atoms. The fourth-order valence-electron chi connectivity index (χ4n) is 3.55. The Bertz CT molecular complexity index is 1050. The van der Waals surface area contributed by atoms with E-state index in [1.165, 1.54) is 0 Å². The molecule has 0 radical (unpaired) electrons. The standard InChI is InChI=1S/C20H21Cl2N3O3S/c21-17-4-3-14(7-18(17)22)25-19-8-15(13-1-2-13)16(10-23-19)20(26)24-9-12-5-6-29(27,28)11-12/h3-4,7-8,10,12-13H,1-2,5-6,9,11H2,(H,23,25)(H,24,26). The Morgan fingerprint density at radius 2 is 1.93 bits per heavy atom. The number of carbonyl (C=O) groups is 1. The van der Waals surface area contributed by atoms with Gasteiger partial charge in [-0.3, -0.25) is 4.79 Å². The van der Waals surface area contributed by atoms with Crippen molar-refractivity contribution >= 4 is 50.5 Å². The summed E-state index contributed by atoms with van der Waals surface area (Å²) in [7, 11) is -2.95. The van der Waals surface area contributed by atoms with Gasteiger partial charge in [0.15, 0.2) is 9.84 Å². The molecule has 2 aliphatic rings. The van der Waals surface area contributed by atoms with Crippen LogP contribution in [0.5, 0.6) is 0 Å². The number of nitrogens with one attached hydrogen (secondary N) is 2. The molecule has 1 aliphatic heterocycles. The van der Waals surface area contributed by atoms with Gasteiger partial charge in [-0.1, -0.05) is 23.2 Å². The maximum atomic E-state index is 12.7. The largest absolute Gasteiger partial charge is 0.352 e. The van der Waals surface area contributed by atoms with Crippen LogP contribution in [0.1, 0.15) is 41.1 Å². The lowest BCUT2D eigenvalue weighted by Gasteiger charge is -2.14. The number of amides is 1. The van der Waals surface area contributed by atoms with Crippen LogP contribution in [0.3, 0.4) is 0 Å². The second kappa shape index (κ2) is 8.13. The summed E-state index contributed by atoms with van der Waals surface area (Å²) in [5.74, 6) is 1.11. The molecule has 1 aromatic carbocycles. The second-order valence-electron chi connectivity index (χ2n) is 7.66. The third-order valence-electron chi connectivity index (χ3n) is 5.27. The Hall–Kier alpha value is -1.83. The van der Waals surface area contributed by atoms with Crippen LogP contribution in [0.15, 0.2) is 30.5 Å². The summed E-state index contributed by atoms with van der Waals surface area (Å²) in [4.78, 5) is 17.1. The molecule has 1 amide bonds. The zero-order chi connectivity index (χ0) is 20.6. The average molecular weight is 454 g/mol. The van der Waals surface area contributed by atoms with E-state index in [0.29, 0.717) is 40.3 Å². The topological polar surface area (TPSA) is 88.2 Å². The summed E-state index contributed by atoms with van der Waals surface area (Å²) in [5.41, 5.74) is 2.26. The van der Waals surface area contributed by atoms with Crippen molar-refractivity contribution in [1.82, 2.24) is 10.3 Å². The van der Waals surface area contributed by atoms with Gasteiger partial charge >= 0.3 is 0 Å². The van der Waals surface area contributed by atoms with Crippen LogP contribution in [-0.4, -0.2) is 37.4 Å². The molecule has 0 bridgehead atoms. The summed E-state index contributed by atoms with van der Waals surface area (Å²) in [6.45, 7) is 0.367. The first-order chi connectivity index (χ1) is 13.8. The molecule has 4 rings (SSSR count). The molecule has 2 aromatic rings. The maximum Gasteiger partial charge on any atom is 0.253 e. The highest BCUT2D eigenvalue weighted by atomic mass is 35.5. The highest BCUT2D eigenvalue weighted by Crippen LogP contribution is 2.42. The SMILES string of the molecule is O=C(NCC1CCS(=O)(=O)C1)c1cnc(Nc2ccc(Cl)c(Cl)c2)cc1C1CC1. The van der Waals surface area contributed by atoms with Gasteiger partial charge in [-0.05, 0) is 60.9 Å². The van der Waals surface area contributed by atoms with E-state index >= 15 is 0 Å². The number of hydrogen-bond acceptors (Lipinski definition) is 5. The van der Waals surface area contributed by atoms with Crippen LogP contribution in [0.4, 0.5) is 11.5 Å². The van der Waals surface area contributed by atoms with E-state index in [4.69, 9.17) is 23.2 Å². The van der Waals surface area contributed by atoms with Crippen molar-refractivity contribution in [3.05, 3.63) is 51.6 Å². The monoisotopic (exact) mass is 453 g/mol. The molecule has 1 saturated heterocycles. The predicted octanol–water partition coefficient (Wildman–Crippen LogP) is 4.17. The smallest absolute Gasteiger partial charge is 0.253 e. The van der Waals surface area contributed by atoms with E-state index in [0.717, 1.165) is 24.1 Å². The number of rotatable bonds is 6. The maximum absolute atomic E-state index is 12.7. The Morgan fingerprint density at radius 1 is 1.14 bits per heavy atom. The summed E-state index contributed by atoms with van der Waals surface area (Å²) in [5, 5.41) is 7.01. The number of carbonyl (C=O) groups excluding carboxylic acids is 1.